The Balaban J connectivity index is 1.86. The van der Waals surface area contributed by atoms with E-state index in [1.165, 1.54) is 13.8 Å². The van der Waals surface area contributed by atoms with Gasteiger partial charge < -0.3 is 9.47 Å². The van der Waals surface area contributed by atoms with Crippen molar-refractivity contribution in [1.82, 2.24) is 0 Å². The van der Waals surface area contributed by atoms with Crippen molar-refractivity contribution in [3.8, 4) is 0 Å². The highest BCUT2D eigenvalue weighted by atomic mass is 16.6. The summed E-state index contributed by atoms with van der Waals surface area (Å²) in [6.07, 6.45) is 7.62. The summed E-state index contributed by atoms with van der Waals surface area (Å²) in [5, 5.41) is 0. The van der Waals surface area contributed by atoms with Crippen molar-refractivity contribution < 1.29 is 23.9 Å². The number of allylic oxidation sites excluding steroid dienone is 3. The third kappa shape index (κ3) is 2.50. The number of carbonyl (C=O) groups excluding carboxylic acids is 3. The molecular weight excluding hydrogens is 380 g/mol. The maximum Gasteiger partial charge on any atom is 0.303 e. The van der Waals surface area contributed by atoms with Gasteiger partial charge in [-0.3, -0.25) is 14.4 Å². The van der Waals surface area contributed by atoms with Crippen molar-refractivity contribution in [2.75, 3.05) is 7.11 Å². The molecule has 2 fully saturated rings. The highest BCUT2D eigenvalue weighted by Crippen LogP contribution is 2.68. The van der Waals surface area contributed by atoms with Crippen LogP contribution in [0.5, 0.6) is 0 Å². The maximum absolute atomic E-state index is 13.0. The highest BCUT2D eigenvalue weighted by molar-refractivity contribution is 5.93. The summed E-state index contributed by atoms with van der Waals surface area (Å²) >= 11 is 0. The second kappa shape index (κ2) is 6.66. The van der Waals surface area contributed by atoms with Crippen molar-refractivity contribution in [3.05, 3.63) is 35.6 Å². The fourth-order valence-electron chi connectivity index (χ4n) is 7.35. The van der Waals surface area contributed by atoms with Gasteiger partial charge in [-0.15, -0.1) is 0 Å². The zero-order valence-corrected chi connectivity index (χ0v) is 18.7. The molecule has 0 saturated heterocycles. The molecule has 0 amide bonds. The first kappa shape index (κ1) is 21.1. The molecule has 0 bridgehead atoms. The molecule has 5 nitrogen and oxygen atoms in total. The lowest BCUT2D eigenvalue weighted by Crippen LogP contribution is -2.58. The minimum Gasteiger partial charge on any atom is -0.497 e. The fourth-order valence-corrected chi connectivity index (χ4v) is 7.35. The number of carbonyl (C=O) groups is 3. The zero-order valence-electron chi connectivity index (χ0n) is 18.7. The predicted molar refractivity (Wildman–Crippen MR) is 112 cm³/mol. The zero-order chi connectivity index (χ0) is 22.1. The van der Waals surface area contributed by atoms with Gasteiger partial charge in [0.15, 0.2) is 17.2 Å². The van der Waals surface area contributed by atoms with Crippen LogP contribution in [0.3, 0.4) is 0 Å². The summed E-state index contributed by atoms with van der Waals surface area (Å²) in [6, 6.07) is 0. The molecule has 2 saturated carbocycles. The normalized spacial score (nSPS) is 42.4. The van der Waals surface area contributed by atoms with E-state index >= 15 is 0 Å². The second-order valence-corrected chi connectivity index (χ2v) is 10.1. The molecule has 6 atom stereocenters. The van der Waals surface area contributed by atoms with Crippen LogP contribution in [-0.4, -0.2) is 30.2 Å². The molecule has 0 N–H and O–H groups in total. The number of methoxy groups -OCH3 is 1. The van der Waals surface area contributed by atoms with Crippen molar-refractivity contribution in [3.63, 3.8) is 0 Å². The van der Waals surface area contributed by atoms with Gasteiger partial charge in [-0.25, -0.2) is 0 Å². The molecule has 0 aromatic carbocycles. The van der Waals surface area contributed by atoms with E-state index in [0.717, 1.165) is 30.6 Å². The van der Waals surface area contributed by atoms with E-state index in [2.05, 4.69) is 26.5 Å². The molecule has 4 aliphatic rings. The topological polar surface area (TPSA) is 69.7 Å². The summed E-state index contributed by atoms with van der Waals surface area (Å²) in [4.78, 5) is 37.2. The lowest BCUT2D eigenvalue weighted by atomic mass is 9.47. The smallest absolute Gasteiger partial charge is 0.303 e. The van der Waals surface area contributed by atoms with Crippen LogP contribution in [0.15, 0.2) is 35.6 Å². The summed E-state index contributed by atoms with van der Waals surface area (Å²) in [5.74, 6) is 0.971. The van der Waals surface area contributed by atoms with Gasteiger partial charge in [0.05, 0.1) is 7.11 Å². The Hall–Kier alpha value is -2.17. The molecule has 0 spiro atoms. The number of hydrogen-bond acceptors (Lipinski definition) is 5. The average Bonchev–Trinajstić information content (AvgIpc) is 2.90. The average molecular weight is 413 g/mol. The van der Waals surface area contributed by atoms with Crippen LogP contribution in [-0.2, 0) is 23.9 Å². The Bertz CT molecular complexity index is 910. The number of esters is 1. The summed E-state index contributed by atoms with van der Waals surface area (Å²) in [7, 11) is 1.65. The van der Waals surface area contributed by atoms with Gasteiger partial charge in [0.1, 0.15) is 5.76 Å². The summed E-state index contributed by atoms with van der Waals surface area (Å²) in [6.45, 7) is 11.5. The first-order valence-corrected chi connectivity index (χ1v) is 10.9. The van der Waals surface area contributed by atoms with E-state index in [1.807, 2.05) is 0 Å². The molecule has 0 aromatic heterocycles. The summed E-state index contributed by atoms with van der Waals surface area (Å²) in [5.41, 5.74) is -0.198. The molecule has 0 aromatic rings. The van der Waals surface area contributed by atoms with Gasteiger partial charge in [0.2, 0.25) is 0 Å². The van der Waals surface area contributed by atoms with Crippen LogP contribution in [0.25, 0.3) is 0 Å². The Morgan fingerprint density at radius 1 is 1.17 bits per heavy atom. The lowest BCUT2D eigenvalue weighted by Gasteiger charge is -2.57. The third-order valence-electron chi connectivity index (χ3n) is 8.74. The standard InChI is InChI=1S/C25H32O5/c1-14-11-20-18-13-22(29-6)21-12-17(28)7-9-23(21,4)19(18)8-10-24(20,5)25(14,15(2)26)30-16(3)27/h12-13,18-20H,1,7-11H2,2-6H3/t18?,19?,20?,23?,24?,25-/m0/s1. The minimum absolute atomic E-state index is 0.119. The van der Waals surface area contributed by atoms with Crippen LogP contribution in [0, 0.1) is 28.6 Å². The van der Waals surface area contributed by atoms with Crippen molar-refractivity contribution in [2.24, 2.45) is 28.6 Å². The Kier molecular flexibility index (Phi) is 4.68. The van der Waals surface area contributed by atoms with E-state index in [1.54, 1.807) is 13.2 Å². The number of fused-ring (bicyclic) bond motifs is 5. The molecule has 0 radical (unpaired) electrons. The van der Waals surface area contributed by atoms with Crippen LogP contribution in [0.4, 0.5) is 0 Å². The molecule has 162 valence electrons. The number of hydrogen-bond donors (Lipinski definition) is 0. The van der Waals surface area contributed by atoms with Crippen LogP contribution in [0.2, 0.25) is 0 Å². The quantitative estimate of drug-likeness (QED) is 0.510. The fraction of sp³-hybridized carbons (Fsp3) is 0.640. The van der Waals surface area contributed by atoms with Crippen LogP contribution < -0.4 is 0 Å². The Morgan fingerprint density at radius 2 is 1.87 bits per heavy atom. The number of ether oxygens (including phenoxy) is 2. The first-order chi connectivity index (χ1) is 14.0. The molecule has 5 heteroatoms. The van der Waals surface area contributed by atoms with E-state index in [9.17, 15) is 14.4 Å². The van der Waals surface area contributed by atoms with Gasteiger partial charge >= 0.3 is 5.97 Å². The Labute approximate surface area is 178 Å². The van der Waals surface area contributed by atoms with E-state index < -0.39 is 17.0 Å². The number of Topliss-reactive ketones (excluding diaryl/α,β-unsaturated/α-hetero) is 1. The van der Waals surface area contributed by atoms with Gasteiger partial charge in [-0.1, -0.05) is 20.4 Å². The maximum atomic E-state index is 13.0. The van der Waals surface area contributed by atoms with E-state index in [0.29, 0.717) is 24.3 Å². The van der Waals surface area contributed by atoms with Crippen molar-refractivity contribution >= 4 is 17.5 Å². The highest BCUT2D eigenvalue weighted by Gasteiger charge is 2.69. The largest absolute Gasteiger partial charge is 0.497 e. The molecular formula is C25H32O5. The monoisotopic (exact) mass is 412 g/mol. The molecule has 4 rings (SSSR count). The van der Waals surface area contributed by atoms with Crippen molar-refractivity contribution in [2.45, 2.75) is 65.4 Å². The molecule has 4 aliphatic carbocycles. The van der Waals surface area contributed by atoms with Gasteiger partial charge in [0.25, 0.3) is 0 Å². The Morgan fingerprint density at radius 3 is 2.47 bits per heavy atom. The van der Waals surface area contributed by atoms with Gasteiger partial charge in [-0.2, -0.15) is 0 Å². The SMILES string of the molecule is C=C1CC2C3C=C(OC)C4=CC(=O)CCC4(C)C3CCC2(C)[C@@]1(OC(C)=O)C(C)=O. The number of rotatable bonds is 3. The van der Waals surface area contributed by atoms with Crippen LogP contribution in [0.1, 0.15) is 59.8 Å². The van der Waals surface area contributed by atoms with Crippen molar-refractivity contribution in [1.29, 1.82) is 0 Å². The molecule has 5 unspecified atom stereocenters. The second-order valence-electron chi connectivity index (χ2n) is 10.1. The third-order valence-corrected chi connectivity index (χ3v) is 8.74. The number of ketones is 2. The molecule has 30 heavy (non-hydrogen) atoms. The summed E-state index contributed by atoms with van der Waals surface area (Å²) < 4.78 is 11.6. The molecule has 0 heterocycles. The molecule has 0 aliphatic heterocycles. The van der Waals surface area contributed by atoms with E-state index in [4.69, 9.17) is 9.47 Å². The first-order valence-electron chi connectivity index (χ1n) is 10.9. The van der Waals surface area contributed by atoms with Crippen LogP contribution >= 0.6 is 0 Å². The van der Waals surface area contributed by atoms with Gasteiger partial charge in [-0.05, 0) is 68.1 Å². The minimum atomic E-state index is -1.27. The predicted octanol–water partition coefficient (Wildman–Crippen LogP) is 4.33. The van der Waals surface area contributed by atoms with Gasteiger partial charge in [0, 0.05) is 29.7 Å². The van der Waals surface area contributed by atoms with E-state index in [-0.39, 0.29) is 28.8 Å². The lowest BCUT2D eigenvalue weighted by molar-refractivity contribution is -0.179.